The first-order chi connectivity index (χ1) is 6.09. The van der Waals surface area contributed by atoms with Crippen molar-refractivity contribution in [2.75, 3.05) is 0 Å². The van der Waals surface area contributed by atoms with Crippen molar-refractivity contribution in [1.29, 1.82) is 0 Å². The lowest BCUT2D eigenvalue weighted by atomic mass is 10.1. The largest absolute Gasteiger partial charge is 0.339 e. The van der Waals surface area contributed by atoms with E-state index in [4.69, 9.17) is 0 Å². The predicted molar refractivity (Wildman–Crippen MR) is 41.2 cm³/mol. The number of hydrogen-bond donors (Lipinski definition) is 0. The molecule has 0 spiro atoms. The Morgan fingerprint density at radius 3 is 1.85 bits per heavy atom. The molecule has 0 heterocycles. The molecule has 0 saturated carbocycles. The Hall–Kier alpha value is -1.32. The van der Waals surface area contributed by atoms with Gasteiger partial charge in [0.15, 0.2) is 0 Å². The first-order valence-electron chi connectivity index (χ1n) is 3.40. The van der Waals surface area contributed by atoms with Crippen LogP contribution in [0.3, 0.4) is 0 Å². The topological polar surface area (TPSA) is 0 Å². The molecular weight excluding hydrogens is 184 g/mol. The summed E-state index contributed by atoms with van der Waals surface area (Å²) >= 11 is 0. The third kappa shape index (κ3) is 2.89. The summed E-state index contributed by atoms with van der Waals surface area (Å²) in [4.78, 5) is 0. The fourth-order valence-electron chi connectivity index (χ4n) is 0.831. The van der Waals surface area contributed by atoms with E-state index in [1.165, 1.54) is 12.1 Å². The van der Waals surface area contributed by atoms with E-state index in [0.717, 1.165) is 12.1 Å². The van der Waals surface area contributed by atoms with Gasteiger partial charge in [0.05, 0.1) is 0 Å². The highest BCUT2D eigenvalue weighted by Gasteiger charge is 2.07. The van der Waals surface area contributed by atoms with Crippen LogP contribution in [-0.4, -0.2) is 0 Å². The quantitative estimate of drug-likeness (QED) is 0.622. The van der Waals surface area contributed by atoms with Crippen molar-refractivity contribution in [2.45, 2.75) is 0 Å². The van der Waals surface area contributed by atoms with Gasteiger partial charge in [0.2, 0.25) is 0 Å². The molecule has 1 aromatic rings. The molecular formula is C9H5F4. The molecule has 4 heteroatoms. The Morgan fingerprint density at radius 2 is 1.46 bits per heavy atom. The zero-order chi connectivity index (χ0) is 9.84. The van der Waals surface area contributed by atoms with E-state index >= 15 is 0 Å². The number of rotatable bonds is 2. The second-order valence-electron chi connectivity index (χ2n) is 2.32. The summed E-state index contributed by atoms with van der Waals surface area (Å²) in [5.74, 6) is 0. The minimum Gasteiger partial charge on any atom is -0.194 e. The Labute approximate surface area is 72.5 Å². The van der Waals surface area contributed by atoms with Gasteiger partial charge in [-0.25, -0.2) is 0 Å². The average molecular weight is 189 g/mol. The van der Waals surface area contributed by atoms with Crippen LogP contribution in [0.1, 0.15) is 11.1 Å². The van der Waals surface area contributed by atoms with Gasteiger partial charge in [-0.2, -0.15) is 17.6 Å². The summed E-state index contributed by atoms with van der Waals surface area (Å²) < 4.78 is 47.2. The summed E-state index contributed by atoms with van der Waals surface area (Å²) in [7, 11) is 0. The molecule has 0 aliphatic heterocycles. The standard InChI is InChI=1S/C9H5F4/c10-8(11)5-6-1-3-7(4-2-6)9(12)13/h1-5H. The molecule has 0 nitrogen and oxygen atoms in total. The molecule has 1 aromatic carbocycles. The smallest absolute Gasteiger partial charge is 0.194 e. The maximum atomic E-state index is 11.9. The highest BCUT2D eigenvalue weighted by atomic mass is 19.3. The summed E-state index contributed by atoms with van der Waals surface area (Å²) in [6, 6.07) is 4.58. The van der Waals surface area contributed by atoms with Crippen molar-refractivity contribution in [3.8, 4) is 0 Å². The van der Waals surface area contributed by atoms with Gasteiger partial charge in [0, 0.05) is 11.6 Å². The van der Waals surface area contributed by atoms with Crippen molar-refractivity contribution >= 4 is 6.08 Å². The van der Waals surface area contributed by atoms with Gasteiger partial charge in [-0.05, 0) is 5.56 Å². The molecule has 1 radical (unpaired) electrons. The summed E-state index contributed by atoms with van der Waals surface area (Å²) in [6.07, 6.45) is -3.06. The molecule has 0 unspecified atom stereocenters. The zero-order valence-electron chi connectivity index (χ0n) is 6.40. The van der Waals surface area contributed by atoms with Crippen LogP contribution in [-0.2, 0) is 0 Å². The Kier molecular flexibility index (Phi) is 3.06. The molecule has 0 aliphatic carbocycles. The third-order valence-electron chi connectivity index (χ3n) is 1.40. The molecule has 0 N–H and O–H groups in total. The first-order valence-corrected chi connectivity index (χ1v) is 3.40. The minimum absolute atomic E-state index is 0.199. The van der Waals surface area contributed by atoms with Gasteiger partial charge in [0.1, 0.15) is 0 Å². The van der Waals surface area contributed by atoms with E-state index in [1.807, 2.05) is 0 Å². The molecule has 0 amide bonds. The molecule has 13 heavy (non-hydrogen) atoms. The Bertz CT molecular complexity index is 296. The third-order valence-corrected chi connectivity index (χ3v) is 1.40. The van der Waals surface area contributed by atoms with Crippen molar-refractivity contribution < 1.29 is 17.6 Å². The second kappa shape index (κ2) is 4.07. The fraction of sp³-hybridized carbons (Fsp3) is 0. The molecule has 0 atom stereocenters. The highest BCUT2D eigenvalue weighted by molar-refractivity contribution is 5.50. The molecule has 0 fully saturated rings. The molecule has 0 bridgehead atoms. The van der Waals surface area contributed by atoms with Crippen LogP contribution >= 0.6 is 0 Å². The van der Waals surface area contributed by atoms with Crippen LogP contribution in [0.5, 0.6) is 0 Å². The molecule has 1 rings (SSSR count). The van der Waals surface area contributed by atoms with Gasteiger partial charge in [-0.3, -0.25) is 0 Å². The van der Waals surface area contributed by atoms with Crippen LogP contribution in [0, 0.1) is 6.43 Å². The van der Waals surface area contributed by atoms with E-state index in [2.05, 4.69) is 0 Å². The van der Waals surface area contributed by atoms with Crippen LogP contribution in [0.2, 0.25) is 0 Å². The van der Waals surface area contributed by atoms with E-state index in [9.17, 15) is 17.6 Å². The second-order valence-corrected chi connectivity index (χ2v) is 2.32. The Morgan fingerprint density at radius 1 is 0.923 bits per heavy atom. The number of benzene rings is 1. The summed E-state index contributed by atoms with van der Waals surface area (Å²) in [5.41, 5.74) is -0.0542. The molecule has 69 valence electrons. The lowest BCUT2D eigenvalue weighted by Gasteiger charge is -1.97. The fourth-order valence-corrected chi connectivity index (χ4v) is 0.831. The maximum Gasteiger partial charge on any atom is 0.339 e. The van der Waals surface area contributed by atoms with E-state index in [0.29, 0.717) is 6.08 Å². The average Bonchev–Trinajstić information content (AvgIpc) is 2.04. The number of halogens is 4. The monoisotopic (exact) mass is 189 g/mol. The van der Waals surface area contributed by atoms with Crippen LogP contribution in [0.15, 0.2) is 30.3 Å². The molecule has 0 aliphatic rings. The lowest BCUT2D eigenvalue weighted by Crippen LogP contribution is -1.83. The summed E-state index contributed by atoms with van der Waals surface area (Å²) in [6.45, 7) is 0. The minimum atomic E-state index is -1.85. The highest BCUT2D eigenvalue weighted by Crippen LogP contribution is 2.18. The van der Waals surface area contributed by atoms with Gasteiger partial charge in [-0.15, -0.1) is 0 Å². The van der Waals surface area contributed by atoms with Crippen molar-refractivity contribution in [3.63, 3.8) is 0 Å². The molecule has 0 aromatic heterocycles. The maximum absolute atomic E-state index is 11.9. The van der Waals surface area contributed by atoms with Crippen LogP contribution in [0.4, 0.5) is 17.6 Å². The van der Waals surface area contributed by atoms with Gasteiger partial charge in [-0.1, -0.05) is 24.3 Å². The molecule has 0 saturated heterocycles. The van der Waals surface area contributed by atoms with E-state index < -0.39 is 12.5 Å². The van der Waals surface area contributed by atoms with Gasteiger partial charge >= 0.3 is 6.43 Å². The van der Waals surface area contributed by atoms with Gasteiger partial charge < -0.3 is 0 Å². The van der Waals surface area contributed by atoms with Crippen molar-refractivity contribution in [2.24, 2.45) is 0 Å². The first kappa shape index (κ1) is 9.77. The van der Waals surface area contributed by atoms with E-state index in [1.54, 1.807) is 0 Å². The SMILES string of the molecule is F[C](F)c1ccc(C=C(F)F)cc1. The number of hydrogen-bond acceptors (Lipinski definition) is 0. The normalized spacial score (nSPS) is 10.2. The summed E-state index contributed by atoms with van der Waals surface area (Å²) in [5, 5.41) is 0. The zero-order valence-corrected chi connectivity index (χ0v) is 6.40. The van der Waals surface area contributed by atoms with Crippen molar-refractivity contribution in [3.05, 3.63) is 47.9 Å². The Balaban J connectivity index is 2.88. The van der Waals surface area contributed by atoms with E-state index in [-0.39, 0.29) is 11.1 Å². The van der Waals surface area contributed by atoms with Crippen molar-refractivity contribution in [1.82, 2.24) is 0 Å². The van der Waals surface area contributed by atoms with Crippen LogP contribution in [0.25, 0.3) is 6.08 Å². The van der Waals surface area contributed by atoms with Crippen LogP contribution < -0.4 is 0 Å². The lowest BCUT2D eigenvalue weighted by molar-refractivity contribution is 0.325. The predicted octanol–water partition coefficient (Wildman–Crippen LogP) is 3.70. The van der Waals surface area contributed by atoms with Gasteiger partial charge in [0.25, 0.3) is 6.08 Å².